The molecule has 0 aliphatic heterocycles. The molecule has 4 heteroatoms. The van der Waals surface area contributed by atoms with Crippen LogP contribution >= 0.6 is 15.9 Å². The molecule has 1 aromatic rings. The molecule has 0 amide bonds. The molecular weight excluding hydrogens is 258 g/mol. The van der Waals surface area contributed by atoms with Crippen LogP contribution in [-0.4, -0.2) is 6.61 Å². The Balaban J connectivity index is 2.01. The van der Waals surface area contributed by atoms with E-state index in [1.807, 2.05) is 18.2 Å². The van der Waals surface area contributed by atoms with Gasteiger partial charge in [-0.2, -0.15) is 0 Å². The predicted octanol–water partition coefficient (Wildman–Crippen LogP) is 2.63. The molecule has 1 aliphatic rings. The summed E-state index contributed by atoms with van der Waals surface area (Å²) in [5.74, 6) is 6.66. The first kappa shape index (κ1) is 10.9. The van der Waals surface area contributed by atoms with Crippen molar-refractivity contribution >= 4 is 15.9 Å². The summed E-state index contributed by atoms with van der Waals surface area (Å²) in [5, 5.41) is 0. The van der Waals surface area contributed by atoms with Crippen LogP contribution in [0.25, 0.3) is 0 Å². The van der Waals surface area contributed by atoms with Gasteiger partial charge in [-0.05, 0) is 52.4 Å². The first-order chi connectivity index (χ1) is 7.29. The topological polar surface area (TPSA) is 44.5 Å². The first-order valence-corrected chi connectivity index (χ1v) is 5.82. The minimum absolute atomic E-state index is 0.410. The smallest absolute Gasteiger partial charge is 0.133 e. The van der Waals surface area contributed by atoms with Gasteiger partial charge in [0.2, 0.25) is 0 Å². The van der Waals surface area contributed by atoms with Crippen molar-refractivity contribution in [2.24, 2.45) is 11.8 Å². The van der Waals surface area contributed by atoms with Crippen molar-refractivity contribution < 1.29 is 9.57 Å². The van der Waals surface area contributed by atoms with E-state index in [9.17, 15) is 0 Å². The lowest BCUT2D eigenvalue weighted by atomic mass is 10.2. The van der Waals surface area contributed by atoms with E-state index in [0.29, 0.717) is 6.61 Å². The van der Waals surface area contributed by atoms with Gasteiger partial charge in [0.1, 0.15) is 5.75 Å². The van der Waals surface area contributed by atoms with Crippen molar-refractivity contribution in [3.63, 3.8) is 0 Å². The molecule has 2 N–H and O–H groups in total. The fraction of sp³-hybridized carbons (Fsp3) is 0.455. The highest BCUT2D eigenvalue weighted by atomic mass is 79.9. The molecule has 0 saturated heterocycles. The van der Waals surface area contributed by atoms with Crippen LogP contribution in [0.4, 0.5) is 0 Å². The first-order valence-electron chi connectivity index (χ1n) is 5.02. The summed E-state index contributed by atoms with van der Waals surface area (Å²) in [4.78, 5) is 4.59. The van der Waals surface area contributed by atoms with Gasteiger partial charge in [-0.3, -0.25) is 4.84 Å². The van der Waals surface area contributed by atoms with Gasteiger partial charge in [-0.15, -0.1) is 0 Å². The van der Waals surface area contributed by atoms with Crippen LogP contribution in [0.3, 0.4) is 0 Å². The fourth-order valence-corrected chi connectivity index (χ4v) is 1.70. The Bertz CT molecular complexity index is 339. The highest BCUT2D eigenvalue weighted by Gasteiger charge is 2.22. The van der Waals surface area contributed by atoms with Crippen LogP contribution in [0.1, 0.15) is 18.4 Å². The zero-order valence-electron chi connectivity index (χ0n) is 8.41. The van der Waals surface area contributed by atoms with E-state index in [4.69, 9.17) is 10.6 Å². The summed E-state index contributed by atoms with van der Waals surface area (Å²) >= 11 is 3.46. The highest BCUT2D eigenvalue weighted by Crippen LogP contribution is 2.32. The lowest BCUT2D eigenvalue weighted by molar-refractivity contribution is 0.124. The van der Waals surface area contributed by atoms with Gasteiger partial charge in [0, 0.05) is 0 Å². The van der Waals surface area contributed by atoms with Gasteiger partial charge in [-0.25, -0.2) is 5.90 Å². The number of halogens is 1. The number of nitrogens with two attached hydrogens (primary N) is 1. The van der Waals surface area contributed by atoms with Crippen molar-refractivity contribution in [3.8, 4) is 5.75 Å². The average Bonchev–Trinajstić information content (AvgIpc) is 3.03. The van der Waals surface area contributed by atoms with E-state index in [-0.39, 0.29) is 0 Å². The fourth-order valence-electron chi connectivity index (χ4n) is 1.34. The molecule has 0 bridgehead atoms. The van der Waals surface area contributed by atoms with Gasteiger partial charge in [-0.1, -0.05) is 6.07 Å². The number of ether oxygens (including phenoxy) is 1. The SMILES string of the molecule is NOCc1ccc(Br)c(OCC2CC2)c1. The van der Waals surface area contributed by atoms with Gasteiger partial charge in [0.15, 0.2) is 0 Å². The van der Waals surface area contributed by atoms with Crippen LogP contribution in [0.5, 0.6) is 5.75 Å². The maximum Gasteiger partial charge on any atom is 0.133 e. The number of hydrogen-bond acceptors (Lipinski definition) is 3. The molecular formula is C11H14BrNO2. The third-order valence-electron chi connectivity index (χ3n) is 2.42. The Morgan fingerprint density at radius 1 is 1.40 bits per heavy atom. The highest BCUT2D eigenvalue weighted by molar-refractivity contribution is 9.10. The maximum absolute atomic E-state index is 5.70. The molecule has 0 unspecified atom stereocenters. The van der Waals surface area contributed by atoms with Crippen LogP contribution in [-0.2, 0) is 11.4 Å². The molecule has 0 spiro atoms. The summed E-state index contributed by atoms with van der Waals surface area (Å²) in [6, 6.07) is 5.87. The molecule has 0 radical (unpaired) electrons. The maximum atomic E-state index is 5.70. The van der Waals surface area contributed by atoms with Crippen molar-refractivity contribution in [1.29, 1.82) is 0 Å². The molecule has 0 atom stereocenters. The number of hydrogen-bond donors (Lipinski definition) is 1. The number of rotatable bonds is 5. The van der Waals surface area contributed by atoms with Crippen LogP contribution in [0.2, 0.25) is 0 Å². The Labute approximate surface area is 97.6 Å². The van der Waals surface area contributed by atoms with E-state index in [1.165, 1.54) is 12.8 Å². The molecule has 0 heterocycles. The predicted molar refractivity (Wildman–Crippen MR) is 61.3 cm³/mol. The lowest BCUT2D eigenvalue weighted by Crippen LogP contribution is -2.02. The minimum Gasteiger partial charge on any atom is -0.492 e. The van der Waals surface area contributed by atoms with Gasteiger partial charge >= 0.3 is 0 Å². The molecule has 82 valence electrons. The monoisotopic (exact) mass is 271 g/mol. The second-order valence-corrected chi connectivity index (χ2v) is 4.68. The standard InChI is InChI=1S/C11H14BrNO2/c12-10-4-3-9(7-15-13)5-11(10)14-6-8-1-2-8/h3-5,8H,1-2,6-7,13H2. The summed E-state index contributed by atoms with van der Waals surface area (Å²) in [6.45, 7) is 1.22. The lowest BCUT2D eigenvalue weighted by Gasteiger charge is -2.09. The molecule has 1 aromatic carbocycles. The van der Waals surface area contributed by atoms with Crippen molar-refractivity contribution in [1.82, 2.24) is 0 Å². The molecule has 15 heavy (non-hydrogen) atoms. The van der Waals surface area contributed by atoms with E-state index in [0.717, 1.165) is 28.3 Å². The zero-order chi connectivity index (χ0) is 10.7. The average molecular weight is 272 g/mol. The zero-order valence-corrected chi connectivity index (χ0v) is 10.00. The third-order valence-corrected chi connectivity index (χ3v) is 3.07. The van der Waals surface area contributed by atoms with E-state index < -0.39 is 0 Å². The largest absolute Gasteiger partial charge is 0.492 e. The second-order valence-electron chi connectivity index (χ2n) is 3.83. The van der Waals surface area contributed by atoms with Gasteiger partial charge in [0.05, 0.1) is 17.7 Å². The van der Waals surface area contributed by atoms with Crippen molar-refractivity contribution in [2.45, 2.75) is 19.4 Å². The summed E-state index contributed by atoms with van der Waals surface area (Å²) in [6.07, 6.45) is 2.59. The molecule has 1 aliphatic carbocycles. The Morgan fingerprint density at radius 3 is 2.87 bits per heavy atom. The quantitative estimate of drug-likeness (QED) is 0.838. The number of benzene rings is 1. The van der Waals surface area contributed by atoms with Crippen LogP contribution < -0.4 is 10.6 Å². The summed E-state index contributed by atoms with van der Waals surface area (Å²) in [5.41, 5.74) is 1.02. The Kier molecular flexibility index (Phi) is 3.61. The molecule has 0 aromatic heterocycles. The second kappa shape index (κ2) is 4.96. The van der Waals surface area contributed by atoms with Crippen LogP contribution in [0.15, 0.2) is 22.7 Å². The van der Waals surface area contributed by atoms with E-state index in [1.54, 1.807) is 0 Å². The Hall–Kier alpha value is -0.580. The third kappa shape index (κ3) is 3.19. The Morgan fingerprint density at radius 2 is 2.20 bits per heavy atom. The van der Waals surface area contributed by atoms with Gasteiger partial charge < -0.3 is 4.74 Å². The van der Waals surface area contributed by atoms with E-state index >= 15 is 0 Å². The molecule has 1 fully saturated rings. The van der Waals surface area contributed by atoms with Crippen molar-refractivity contribution in [2.75, 3.05) is 6.61 Å². The molecule has 2 rings (SSSR count). The molecule has 1 saturated carbocycles. The summed E-state index contributed by atoms with van der Waals surface area (Å²) in [7, 11) is 0. The summed E-state index contributed by atoms with van der Waals surface area (Å²) < 4.78 is 6.68. The molecule has 3 nitrogen and oxygen atoms in total. The van der Waals surface area contributed by atoms with Gasteiger partial charge in [0.25, 0.3) is 0 Å². The minimum atomic E-state index is 0.410. The van der Waals surface area contributed by atoms with Crippen LogP contribution in [0, 0.1) is 5.92 Å². The van der Waals surface area contributed by atoms with Crippen molar-refractivity contribution in [3.05, 3.63) is 28.2 Å². The normalized spacial score (nSPS) is 15.3. The van der Waals surface area contributed by atoms with E-state index in [2.05, 4.69) is 20.8 Å².